The highest BCUT2D eigenvalue weighted by atomic mass is 16.5. The Morgan fingerprint density at radius 2 is 1.81 bits per heavy atom. The van der Waals surface area contributed by atoms with Gasteiger partial charge in [0, 0.05) is 25.1 Å². The fourth-order valence-electron chi connectivity index (χ4n) is 4.73. The largest absolute Gasteiger partial charge is 0.507 e. The van der Waals surface area contributed by atoms with Crippen molar-refractivity contribution in [3.8, 4) is 17.2 Å². The second kappa shape index (κ2) is 10.6. The molecular weight excluding hydrogens is 460 g/mol. The molecule has 0 aliphatic carbocycles. The van der Waals surface area contributed by atoms with E-state index < -0.39 is 17.7 Å². The van der Waals surface area contributed by atoms with Crippen molar-refractivity contribution in [2.45, 2.75) is 39.3 Å². The average molecular weight is 495 g/mol. The molecule has 8 heteroatoms. The summed E-state index contributed by atoms with van der Waals surface area (Å²) in [6.45, 7) is 7.55. The summed E-state index contributed by atoms with van der Waals surface area (Å²) >= 11 is 0. The predicted octanol–water partition coefficient (Wildman–Crippen LogP) is 3.79. The maximum absolute atomic E-state index is 13.3. The van der Waals surface area contributed by atoms with E-state index in [1.807, 2.05) is 51.9 Å². The van der Waals surface area contributed by atoms with Crippen LogP contribution in [0.2, 0.25) is 0 Å². The quantitative estimate of drug-likeness (QED) is 0.322. The Morgan fingerprint density at radius 1 is 1.08 bits per heavy atom. The molecule has 1 fully saturated rings. The van der Waals surface area contributed by atoms with Crippen molar-refractivity contribution in [3.05, 3.63) is 58.7 Å². The van der Waals surface area contributed by atoms with Crippen molar-refractivity contribution in [2.24, 2.45) is 0 Å². The van der Waals surface area contributed by atoms with Crippen LogP contribution < -0.4 is 14.2 Å². The molecule has 0 aromatic heterocycles. The Balaban J connectivity index is 1.84. The van der Waals surface area contributed by atoms with Crippen molar-refractivity contribution >= 4 is 17.4 Å². The van der Waals surface area contributed by atoms with Gasteiger partial charge in [0.1, 0.15) is 17.6 Å². The van der Waals surface area contributed by atoms with Gasteiger partial charge < -0.3 is 29.1 Å². The Hall–Kier alpha value is -3.52. The number of rotatable bonds is 9. The van der Waals surface area contributed by atoms with Gasteiger partial charge in [-0.15, -0.1) is 0 Å². The number of aliphatic hydroxyl groups excluding tert-OH is 1. The Labute approximate surface area is 212 Å². The van der Waals surface area contributed by atoms with E-state index in [9.17, 15) is 14.7 Å². The summed E-state index contributed by atoms with van der Waals surface area (Å²) < 4.78 is 17.3. The van der Waals surface area contributed by atoms with Crippen LogP contribution in [-0.2, 0) is 16.0 Å². The van der Waals surface area contributed by atoms with Gasteiger partial charge in [0.2, 0.25) is 0 Å². The lowest BCUT2D eigenvalue weighted by molar-refractivity contribution is -0.140. The van der Waals surface area contributed by atoms with Gasteiger partial charge in [-0.2, -0.15) is 0 Å². The molecule has 2 aliphatic heterocycles. The zero-order chi connectivity index (χ0) is 26.0. The third kappa shape index (κ3) is 4.91. The third-order valence-corrected chi connectivity index (χ3v) is 6.38. The number of likely N-dealkylation sites (tertiary alicyclic amines) is 1. The molecule has 0 unspecified atom stereocenters. The number of Topliss-reactive ketones (excluding diaryl/α,β-unsaturated/α-hetero) is 1. The number of nitrogens with zero attached hydrogens (tertiary/aromatic N) is 2. The van der Waals surface area contributed by atoms with E-state index in [2.05, 4.69) is 0 Å². The number of fused-ring (bicyclic) bond motifs is 1. The highest BCUT2D eigenvalue weighted by Gasteiger charge is 2.46. The topological polar surface area (TPSA) is 88.5 Å². The lowest BCUT2D eigenvalue weighted by atomic mass is 9.94. The molecule has 2 aromatic carbocycles. The van der Waals surface area contributed by atoms with E-state index in [0.29, 0.717) is 55.4 Å². The molecule has 2 heterocycles. The first-order valence-corrected chi connectivity index (χ1v) is 12.4. The summed E-state index contributed by atoms with van der Waals surface area (Å²) in [6, 6.07) is 9.99. The van der Waals surface area contributed by atoms with Gasteiger partial charge in [-0.3, -0.25) is 9.59 Å². The predicted molar refractivity (Wildman–Crippen MR) is 137 cm³/mol. The number of benzene rings is 2. The number of carbonyl (C=O) groups is 2. The van der Waals surface area contributed by atoms with Gasteiger partial charge in [-0.25, -0.2) is 0 Å². The molecule has 0 bridgehead atoms. The van der Waals surface area contributed by atoms with Gasteiger partial charge >= 0.3 is 0 Å². The number of aliphatic hydroxyl groups is 1. The average Bonchev–Trinajstić information content (AvgIpc) is 3.34. The van der Waals surface area contributed by atoms with E-state index in [-0.39, 0.29) is 17.4 Å². The summed E-state index contributed by atoms with van der Waals surface area (Å²) in [7, 11) is 3.81. The Kier molecular flexibility index (Phi) is 7.54. The molecule has 2 aromatic rings. The molecule has 192 valence electrons. The first-order chi connectivity index (χ1) is 17.2. The number of amides is 1. The minimum absolute atomic E-state index is 0.0508. The molecule has 1 saturated heterocycles. The molecule has 4 rings (SSSR count). The molecule has 0 saturated carbocycles. The van der Waals surface area contributed by atoms with Crippen LogP contribution in [-0.4, -0.2) is 73.1 Å². The maximum Gasteiger partial charge on any atom is 0.295 e. The van der Waals surface area contributed by atoms with Crippen LogP contribution in [0.3, 0.4) is 0 Å². The van der Waals surface area contributed by atoms with E-state index in [4.69, 9.17) is 14.2 Å². The van der Waals surface area contributed by atoms with Gasteiger partial charge in [-0.05, 0) is 76.3 Å². The molecule has 8 nitrogen and oxygen atoms in total. The Morgan fingerprint density at radius 3 is 2.50 bits per heavy atom. The van der Waals surface area contributed by atoms with Crippen LogP contribution >= 0.6 is 0 Å². The molecule has 1 amide bonds. The lowest BCUT2D eigenvalue weighted by Crippen LogP contribution is -2.35. The first kappa shape index (κ1) is 25.6. The number of hydrogen-bond acceptors (Lipinski definition) is 7. The number of ketones is 1. The molecule has 1 N–H and O–H groups in total. The van der Waals surface area contributed by atoms with Gasteiger partial charge in [0.25, 0.3) is 11.7 Å². The smallest absolute Gasteiger partial charge is 0.295 e. The number of hydrogen-bond donors (Lipinski definition) is 1. The first-order valence-electron chi connectivity index (χ1n) is 12.4. The minimum Gasteiger partial charge on any atom is -0.507 e. The van der Waals surface area contributed by atoms with Crippen molar-refractivity contribution < 1.29 is 28.9 Å². The van der Waals surface area contributed by atoms with E-state index in [1.165, 1.54) is 4.90 Å². The third-order valence-electron chi connectivity index (χ3n) is 6.38. The highest BCUT2D eigenvalue weighted by Crippen LogP contribution is 2.42. The van der Waals surface area contributed by atoms with Crippen LogP contribution in [0.25, 0.3) is 5.76 Å². The fraction of sp³-hybridized carbons (Fsp3) is 0.429. The molecule has 2 atom stereocenters. The number of carbonyl (C=O) groups excluding carboxylic acids is 2. The van der Waals surface area contributed by atoms with E-state index in [1.54, 1.807) is 24.3 Å². The van der Waals surface area contributed by atoms with Crippen molar-refractivity contribution in [2.75, 3.05) is 40.4 Å². The second-order valence-electron chi connectivity index (χ2n) is 9.32. The Bertz CT molecular complexity index is 1190. The summed E-state index contributed by atoms with van der Waals surface area (Å²) in [6.07, 6.45) is 0.767. The second-order valence-corrected chi connectivity index (χ2v) is 9.32. The molecule has 0 radical (unpaired) electrons. The van der Waals surface area contributed by atoms with Crippen LogP contribution in [0.4, 0.5) is 0 Å². The molecular formula is C28H34N2O6. The van der Waals surface area contributed by atoms with Gasteiger partial charge in [0.05, 0.1) is 24.8 Å². The van der Waals surface area contributed by atoms with Crippen LogP contribution in [0.15, 0.2) is 42.0 Å². The van der Waals surface area contributed by atoms with E-state index in [0.717, 1.165) is 11.3 Å². The van der Waals surface area contributed by atoms with Crippen molar-refractivity contribution in [1.29, 1.82) is 0 Å². The van der Waals surface area contributed by atoms with Gasteiger partial charge in [-0.1, -0.05) is 6.07 Å². The van der Waals surface area contributed by atoms with Crippen LogP contribution in [0, 0.1) is 0 Å². The maximum atomic E-state index is 13.3. The van der Waals surface area contributed by atoms with Crippen LogP contribution in [0.5, 0.6) is 17.2 Å². The zero-order valence-electron chi connectivity index (χ0n) is 21.5. The van der Waals surface area contributed by atoms with Crippen molar-refractivity contribution in [1.82, 2.24) is 9.80 Å². The molecule has 36 heavy (non-hydrogen) atoms. The SMILES string of the molecule is CCOc1ccc([C@@H]2C(=C(O)c3ccc4c(c3)C[C@H](C)O4)C(=O)C(=O)N2CCN(C)C)cc1OCC. The summed E-state index contributed by atoms with van der Waals surface area (Å²) in [5.41, 5.74) is 2.18. The molecule has 0 spiro atoms. The molecule has 2 aliphatic rings. The van der Waals surface area contributed by atoms with E-state index >= 15 is 0 Å². The standard InChI is InChI=1S/C28H34N2O6/c1-6-34-22-11-8-18(16-23(22)35-7-2)25-24(27(32)28(33)30(25)13-12-29(4)5)26(31)19-9-10-21-20(15-19)14-17(3)36-21/h8-11,15-17,25,31H,6-7,12-14H2,1-5H3/t17-,25+/m0/s1. The summed E-state index contributed by atoms with van der Waals surface area (Å²) in [5, 5.41) is 11.4. The van der Waals surface area contributed by atoms with Crippen molar-refractivity contribution in [3.63, 3.8) is 0 Å². The zero-order valence-corrected chi connectivity index (χ0v) is 21.5. The highest BCUT2D eigenvalue weighted by molar-refractivity contribution is 6.46. The number of likely N-dealkylation sites (N-methyl/N-ethyl adjacent to an activating group) is 1. The van der Waals surface area contributed by atoms with Gasteiger partial charge in [0.15, 0.2) is 11.5 Å². The number of ether oxygens (including phenoxy) is 3. The normalized spacial score (nSPS) is 20.6. The monoisotopic (exact) mass is 494 g/mol. The van der Waals surface area contributed by atoms with Crippen LogP contribution in [0.1, 0.15) is 43.5 Å². The summed E-state index contributed by atoms with van der Waals surface area (Å²) in [5.74, 6) is 0.358. The lowest BCUT2D eigenvalue weighted by Gasteiger charge is -2.27. The minimum atomic E-state index is -0.761. The fourth-order valence-corrected chi connectivity index (χ4v) is 4.73. The summed E-state index contributed by atoms with van der Waals surface area (Å²) in [4.78, 5) is 30.0.